The van der Waals surface area contributed by atoms with Gasteiger partial charge in [0.25, 0.3) is 0 Å². The van der Waals surface area contributed by atoms with Crippen LogP contribution in [0.3, 0.4) is 0 Å². The molecule has 0 aromatic rings. The van der Waals surface area contributed by atoms with Gasteiger partial charge in [-0.2, -0.15) is 0 Å². The number of aldehydes is 1. The van der Waals surface area contributed by atoms with Crippen molar-refractivity contribution < 1.29 is 20.1 Å². The SMILES string of the molecule is O=CCC1(O)CCSC(O)(O)C1. The molecule has 4 nitrogen and oxygen atoms in total. The van der Waals surface area contributed by atoms with Gasteiger partial charge >= 0.3 is 0 Å². The smallest absolute Gasteiger partial charge is 0.215 e. The van der Waals surface area contributed by atoms with Crippen LogP contribution < -0.4 is 0 Å². The third kappa shape index (κ3) is 2.45. The maximum absolute atomic E-state index is 10.2. The standard InChI is InChI=1S/C7H12O4S/c8-3-1-6(9)2-4-12-7(10,11)5-6/h3,9-11H,1-2,4-5H2. The van der Waals surface area contributed by atoms with Crippen molar-refractivity contribution in [1.82, 2.24) is 0 Å². The number of hydrogen-bond donors (Lipinski definition) is 3. The van der Waals surface area contributed by atoms with Crippen LogP contribution >= 0.6 is 11.8 Å². The fourth-order valence-corrected chi connectivity index (χ4v) is 2.48. The molecule has 1 unspecified atom stereocenters. The van der Waals surface area contributed by atoms with Gasteiger partial charge in [0.05, 0.1) is 5.60 Å². The Balaban J connectivity index is 2.60. The number of carbonyl (C=O) groups excluding carboxylic acids is 1. The van der Waals surface area contributed by atoms with Crippen LogP contribution in [-0.4, -0.2) is 38.1 Å². The van der Waals surface area contributed by atoms with E-state index in [0.29, 0.717) is 18.5 Å². The molecule has 0 amide bonds. The van der Waals surface area contributed by atoms with Gasteiger partial charge in [-0.3, -0.25) is 0 Å². The Hall–Kier alpha value is -0.100. The highest BCUT2D eigenvalue weighted by atomic mass is 32.2. The predicted molar refractivity (Wildman–Crippen MR) is 44.5 cm³/mol. The van der Waals surface area contributed by atoms with Crippen molar-refractivity contribution in [1.29, 1.82) is 0 Å². The van der Waals surface area contributed by atoms with Crippen molar-refractivity contribution in [3.05, 3.63) is 0 Å². The van der Waals surface area contributed by atoms with Gasteiger partial charge in [0.2, 0.25) is 5.12 Å². The summed E-state index contributed by atoms with van der Waals surface area (Å²) in [4.78, 5) is 10.2. The first-order chi connectivity index (χ1) is 5.47. The summed E-state index contributed by atoms with van der Waals surface area (Å²) >= 11 is 0.984. The van der Waals surface area contributed by atoms with E-state index < -0.39 is 10.7 Å². The van der Waals surface area contributed by atoms with E-state index in [-0.39, 0.29) is 12.8 Å². The van der Waals surface area contributed by atoms with E-state index in [9.17, 15) is 20.1 Å². The van der Waals surface area contributed by atoms with E-state index in [2.05, 4.69) is 0 Å². The second kappa shape index (κ2) is 3.33. The van der Waals surface area contributed by atoms with Crippen LogP contribution in [0, 0.1) is 0 Å². The molecule has 5 heteroatoms. The summed E-state index contributed by atoms with van der Waals surface area (Å²) in [5, 5.41) is 26.1. The summed E-state index contributed by atoms with van der Waals surface area (Å²) in [6.07, 6.45) is 0.838. The van der Waals surface area contributed by atoms with Crippen molar-refractivity contribution in [3.63, 3.8) is 0 Å². The summed E-state index contributed by atoms with van der Waals surface area (Å²) in [7, 11) is 0. The fraction of sp³-hybridized carbons (Fsp3) is 0.857. The minimum Gasteiger partial charge on any atom is -0.389 e. The minimum absolute atomic E-state index is 0.0313. The molecule has 0 aliphatic carbocycles. The molecule has 1 atom stereocenters. The highest BCUT2D eigenvalue weighted by Crippen LogP contribution is 2.38. The molecule has 0 saturated carbocycles. The van der Waals surface area contributed by atoms with Gasteiger partial charge in [0.1, 0.15) is 6.29 Å². The maximum atomic E-state index is 10.2. The van der Waals surface area contributed by atoms with Crippen molar-refractivity contribution in [2.24, 2.45) is 0 Å². The fourth-order valence-electron chi connectivity index (χ4n) is 1.30. The Morgan fingerprint density at radius 3 is 2.58 bits per heavy atom. The summed E-state index contributed by atoms with van der Waals surface area (Å²) in [5.74, 6) is 0.456. The van der Waals surface area contributed by atoms with Crippen molar-refractivity contribution in [3.8, 4) is 0 Å². The predicted octanol–water partition coefficient (Wildman–Crippen LogP) is -0.528. The molecule has 1 saturated heterocycles. The van der Waals surface area contributed by atoms with Crippen LogP contribution in [-0.2, 0) is 4.79 Å². The number of thioether (sulfide) groups is 1. The Labute approximate surface area is 74.6 Å². The summed E-state index contributed by atoms with van der Waals surface area (Å²) in [6.45, 7) is 0. The van der Waals surface area contributed by atoms with Gasteiger partial charge in [0, 0.05) is 18.6 Å². The minimum atomic E-state index is -1.88. The zero-order chi connectivity index (χ0) is 9.24. The maximum Gasteiger partial charge on any atom is 0.215 e. The Kier molecular flexibility index (Phi) is 2.77. The van der Waals surface area contributed by atoms with Crippen LogP contribution in [0.2, 0.25) is 0 Å². The largest absolute Gasteiger partial charge is 0.389 e. The van der Waals surface area contributed by atoms with Gasteiger partial charge in [0.15, 0.2) is 0 Å². The normalized spacial score (nSPS) is 34.6. The molecule has 1 rings (SSSR count). The third-order valence-corrected chi connectivity index (χ3v) is 2.94. The molecule has 70 valence electrons. The molecule has 1 aliphatic heterocycles. The van der Waals surface area contributed by atoms with E-state index in [0.717, 1.165) is 11.8 Å². The highest BCUT2D eigenvalue weighted by Gasteiger charge is 2.41. The lowest BCUT2D eigenvalue weighted by Gasteiger charge is -2.37. The monoisotopic (exact) mass is 192 g/mol. The van der Waals surface area contributed by atoms with Gasteiger partial charge in [-0.05, 0) is 6.42 Å². The molecule has 0 spiro atoms. The van der Waals surface area contributed by atoms with E-state index in [1.54, 1.807) is 0 Å². The van der Waals surface area contributed by atoms with E-state index in [1.807, 2.05) is 0 Å². The average Bonchev–Trinajstić information content (AvgIpc) is 1.83. The Morgan fingerprint density at radius 2 is 2.08 bits per heavy atom. The van der Waals surface area contributed by atoms with Gasteiger partial charge in [-0.1, -0.05) is 11.8 Å². The third-order valence-electron chi connectivity index (χ3n) is 1.92. The number of hydrogen-bond acceptors (Lipinski definition) is 5. The van der Waals surface area contributed by atoms with Gasteiger partial charge < -0.3 is 20.1 Å². The van der Waals surface area contributed by atoms with Crippen LogP contribution in [0.25, 0.3) is 0 Å². The van der Waals surface area contributed by atoms with Crippen LogP contribution in [0.1, 0.15) is 19.3 Å². The second-order valence-corrected chi connectivity index (χ2v) is 4.46. The van der Waals surface area contributed by atoms with Crippen molar-refractivity contribution in [2.45, 2.75) is 30.0 Å². The second-order valence-electron chi connectivity index (χ2n) is 3.11. The molecule has 12 heavy (non-hydrogen) atoms. The summed E-state index contributed by atoms with van der Waals surface area (Å²) < 4.78 is 0. The van der Waals surface area contributed by atoms with Crippen LogP contribution in [0.5, 0.6) is 0 Å². The first-order valence-corrected chi connectivity index (χ1v) is 4.71. The number of rotatable bonds is 2. The van der Waals surface area contributed by atoms with Crippen LogP contribution in [0.15, 0.2) is 0 Å². The zero-order valence-electron chi connectivity index (χ0n) is 6.56. The van der Waals surface area contributed by atoms with Gasteiger partial charge in [-0.25, -0.2) is 0 Å². The molecule has 0 aromatic carbocycles. The van der Waals surface area contributed by atoms with E-state index in [1.165, 1.54) is 0 Å². The molecule has 1 aliphatic rings. The van der Waals surface area contributed by atoms with E-state index >= 15 is 0 Å². The molecule has 0 radical (unpaired) electrons. The molecular weight excluding hydrogens is 180 g/mol. The van der Waals surface area contributed by atoms with Crippen LogP contribution in [0.4, 0.5) is 0 Å². The molecule has 1 fully saturated rings. The average molecular weight is 192 g/mol. The van der Waals surface area contributed by atoms with E-state index in [4.69, 9.17) is 0 Å². The van der Waals surface area contributed by atoms with Crippen molar-refractivity contribution >= 4 is 18.0 Å². The lowest BCUT2D eigenvalue weighted by atomic mass is 9.92. The summed E-state index contributed by atoms with van der Waals surface area (Å²) in [5.41, 5.74) is -1.23. The molecular formula is C7H12O4S. The first-order valence-electron chi connectivity index (χ1n) is 3.72. The van der Waals surface area contributed by atoms with Crippen molar-refractivity contribution in [2.75, 3.05) is 5.75 Å². The van der Waals surface area contributed by atoms with Gasteiger partial charge in [-0.15, -0.1) is 0 Å². The molecule has 1 heterocycles. The Bertz CT molecular complexity index is 182. The summed E-state index contributed by atoms with van der Waals surface area (Å²) in [6, 6.07) is 0. The molecule has 0 bridgehead atoms. The molecule has 3 N–H and O–H groups in total. The molecule has 0 aromatic heterocycles. The lowest BCUT2D eigenvalue weighted by Crippen LogP contribution is -2.44. The lowest BCUT2D eigenvalue weighted by molar-refractivity contribution is -0.142. The topological polar surface area (TPSA) is 77.8 Å². The highest BCUT2D eigenvalue weighted by molar-refractivity contribution is 8.00. The Morgan fingerprint density at radius 1 is 1.42 bits per heavy atom. The number of aliphatic hydroxyl groups is 3. The quantitative estimate of drug-likeness (QED) is 0.405. The zero-order valence-corrected chi connectivity index (χ0v) is 7.38. The number of carbonyl (C=O) groups is 1. The first kappa shape index (κ1) is 9.98.